The van der Waals surface area contributed by atoms with Crippen molar-refractivity contribution in [1.82, 2.24) is 10.3 Å². The van der Waals surface area contributed by atoms with Gasteiger partial charge in [-0.25, -0.2) is 4.98 Å². The molecule has 0 saturated heterocycles. The number of benzene rings is 2. The minimum Gasteiger partial charge on any atom is -0.493 e. The lowest BCUT2D eigenvalue weighted by atomic mass is 10.0. The number of para-hydroxylation sites is 1. The van der Waals surface area contributed by atoms with E-state index in [4.69, 9.17) is 16.3 Å². The first-order valence-corrected chi connectivity index (χ1v) is 9.57. The van der Waals surface area contributed by atoms with Gasteiger partial charge in [-0.15, -0.1) is 11.3 Å². The number of rotatable bonds is 3. The Morgan fingerprint density at radius 1 is 1.27 bits per heavy atom. The van der Waals surface area contributed by atoms with Crippen LogP contribution in [0, 0.1) is 6.92 Å². The quantitative estimate of drug-likeness (QED) is 0.689. The van der Waals surface area contributed by atoms with Crippen LogP contribution in [0.2, 0.25) is 5.02 Å². The van der Waals surface area contributed by atoms with E-state index in [1.54, 1.807) is 0 Å². The van der Waals surface area contributed by atoms with E-state index in [0.717, 1.165) is 34.0 Å². The number of hydrogen-bond acceptors (Lipinski definition) is 4. The highest BCUT2D eigenvalue weighted by Gasteiger charge is 2.25. The number of carbonyl (C=O) groups excluding carboxylic acids is 1. The molecule has 0 aliphatic carbocycles. The molecule has 1 N–H and O–H groups in total. The number of thiazole rings is 1. The van der Waals surface area contributed by atoms with E-state index in [-0.39, 0.29) is 11.9 Å². The summed E-state index contributed by atoms with van der Waals surface area (Å²) in [6.45, 7) is 2.45. The maximum atomic E-state index is 12.8. The third-order valence-corrected chi connectivity index (χ3v) is 5.78. The van der Waals surface area contributed by atoms with Gasteiger partial charge in [-0.05, 0) is 25.1 Å². The lowest BCUT2D eigenvalue weighted by molar-refractivity contribution is 0.0928. The molecule has 2 heterocycles. The summed E-state index contributed by atoms with van der Waals surface area (Å²) in [5, 5.41) is 4.58. The van der Waals surface area contributed by atoms with E-state index >= 15 is 0 Å². The number of nitrogens with zero attached hydrogens (tertiary/aromatic N) is 1. The van der Waals surface area contributed by atoms with Crippen LogP contribution in [0.1, 0.15) is 33.4 Å². The van der Waals surface area contributed by atoms with Crippen molar-refractivity contribution in [3.8, 4) is 16.3 Å². The topological polar surface area (TPSA) is 51.2 Å². The van der Waals surface area contributed by atoms with Gasteiger partial charge in [-0.3, -0.25) is 4.79 Å². The van der Waals surface area contributed by atoms with Gasteiger partial charge in [0.05, 0.1) is 18.3 Å². The number of aromatic nitrogens is 1. The molecule has 1 amide bonds. The van der Waals surface area contributed by atoms with Gasteiger partial charge in [-0.2, -0.15) is 0 Å². The second-order valence-electron chi connectivity index (χ2n) is 6.14. The highest BCUT2D eigenvalue weighted by molar-refractivity contribution is 7.17. The first-order valence-electron chi connectivity index (χ1n) is 8.38. The van der Waals surface area contributed by atoms with E-state index in [0.29, 0.717) is 16.5 Å². The molecule has 6 heteroatoms. The molecule has 0 fully saturated rings. The number of hydrogen-bond donors (Lipinski definition) is 1. The Kier molecular flexibility index (Phi) is 4.66. The molecule has 1 aliphatic rings. The Balaban J connectivity index is 1.58. The number of halogens is 1. The van der Waals surface area contributed by atoms with Gasteiger partial charge in [0.2, 0.25) is 0 Å². The first kappa shape index (κ1) is 17.1. The van der Waals surface area contributed by atoms with Crippen LogP contribution in [0.3, 0.4) is 0 Å². The van der Waals surface area contributed by atoms with Gasteiger partial charge >= 0.3 is 0 Å². The summed E-state index contributed by atoms with van der Waals surface area (Å²) in [4.78, 5) is 18.0. The molecule has 0 radical (unpaired) electrons. The lowest BCUT2D eigenvalue weighted by Crippen LogP contribution is -2.32. The molecular formula is C20H17ClN2O2S. The Labute approximate surface area is 160 Å². The van der Waals surface area contributed by atoms with Crippen LogP contribution in [0.15, 0.2) is 48.5 Å². The molecule has 1 aliphatic heterocycles. The van der Waals surface area contributed by atoms with Crippen molar-refractivity contribution in [3.63, 3.8) is 0 Å². The van der Waals surface area contributed by atoms with Gasteiger partial charge in [0.15, 0.2) is 0 Å². The number of nitrogens with one attached hydrogen (secondary N) is 1. The van der Waals surface area contributed by atoms with E-state index in [1.807, 2.05) is 55.5 Å². The van der Waals surface area contributed by atoms with E-state index in [2.05, 4.69) is 10.3 Å². The zero-order chi connectivity index (χ0) is 18.1. The molecule has 132 valence electrons. The summed E-state index contributed by atoms with van der Waals surface area (Å²) < 4.78 is 5.66. The van der Waals surface area contributed by atoms with Crippen LogP contribution >= 0.6 is 22.9 Å². The molecule has 26 heavy (non-hydrogen) atoms. The summed E-state index contributed by atoms with van der Waals surface area (Å²) in [7, 11) is 0. The van der Waals surface area contributed by atoms with Crippen LogP contribution in [0.4, 0.5) is 0 Å². The molecule has 3 aromatic rings. The smallest absolute Gasteiger partial charge is 0.263 e. The fourth-order valence-electron chi connectivity index (χ4n) is 3.07. The third kappa shape index (κ3) is 3.32. The van der Waals surface area contributed by atoms with Gasteiger partial charge in [0.1, 0.15) is 15.6 Å². The molecule has 1 atom stereocenters. The standard InChI is InChI=1S/C20H17ClN2O2S/c1-12-18(26-20(22-12)13-5-4-6-14(21)11-13)19(24)23-16-9-10-25-17-8-3-2-7-15(16)17/h2-8,11,16H,9-10H2,1H3,(H,23,24)/t16-/m0/s1. The van der Waals surface area contributed by atoms with Crippen molar-refractivity contribution in [2.45, 2.75) is 19.4 Å². The fraction of sp³-hybridized carbons (Fsp3) is 0.200. The summed E-state index contributed by atoms with van der Waals surface area (Å²) in [5.41, 5.74) is 2.66. The number of carbonyl (C=O) groups is 1. The minimum atomic E-state index is -0.102. The average molecular weight is 385 g/mol. The zero-order valence-corrected chi connectivity index (χ0v) is 15.7. The van der Waals surface area contributed by atoms with Crippen molar-refractivity contribution in [3.05, 3.63) is 69.7 Å². The molecule has 4 nitrogen and oxygen atoms in total. The van der Waals surface area contributed by atoms with Crippen LogP contribution in [0.25, 0.3) is 10.6 Å². The Bertz CT molecular complexity index is 970. The summed E-state index contributed by atoms with van der Waals surface area (Å²) >= 11 is 7.45. The first-order chi connectivity index (χ1) is 12.6. The minimum absolute atomic E-state index is 0.0523. The molecule has 0 saturated carbocycles. The Hall–Kier alpha value is -2.37. The van der Waals surface area contributed by atoms with Gasteiger partial charge in [-0.1, -0.05) is 41.9 Å². The predicted octanol–water partition coefficient (Wildman–Crippen LogP) is 5.03. The monoisotopic (exact) mass is 384 g/mol. The molecule has 0 spiro atoms. The summed E-state index contributed by atoms with van der Waals surface area (Å²) in [6, 6.07) is 15.3. The van der Waals surface area contributed by atoms with Crippen LogP contribution in [0.5, 0.6) is 5.75 Å². The maximum absolute atomic E-state index is 12.8. The van der Waals surface area contributed by atoms with Crippen LogP contribution < -0.4 is 10.1 Å². The molecule has 4 rings (SSSR count). The third-order valence-electron chi connectivity index (χ3n) is 4.34. The van der Waals surface area contributed by atoms with E-state index in [1.165, 1.54) is 11.3 Å². The second kappa shape index (κ2) is 7.09. The van der Waals surface area contributed by atoms with Crippen LogP contribution in [-0.4, -0.2) is 17.5 Å². The normalized spacial score (nSPS) is 15.8. The number of amides is 1. The van der Waals surface area contributed by atoms with Crippen LogP contribution in [-0.2, 0) is 0 Å². The maximum Gasteiger partial charge on any atom is 0.263 e. The number of ether oxygens (including phenoxy) is 1. The SMILES string of the molecule is Cc1nc(-c2cccc(Cl)c2)sc1C(=O)N[C@H]1CCOc2ccccc21. The van der Waals surface area contributed by atoms with Crippen molar-refractivity contribution < 1.29 is 9.53 Å². The van der Waals surface area contributed by atoms with E-state index < -0.39 is 0 Å². The molecule has 2 aromatic carbocycles. The molecule has 1 aromatic heterocycles. The van der Waals surface area contributed by atoms with Crippen molar-refractivity contribution in [2.24, 2.45) is 0 Å². The predicted molar refractivity (Wildman–Crippen MR) is 104 cm³/mol. The van der Waals surface area contributed by atoms with Gasteiger partial charge < -0.3 is 10.1 Å². The number of aryl methyl sites for hydroxylation is 1. The van der Waals surface area contributed by atoms with E-state index in [9.17, 15) is 4.79 Å². The highest BCUT2D eigenvalue weighted by atomic mass is 35.5. The van der Waals surface area contributed by atoms with Crippen molar-refractivity contribution in [1.29, 1.82) is 0 Å². The van der Waals surface area contributed by atoms with Crippen molar-refractivity contribution in [2.75, 3.05) is 6.61 Å². The Morgan fingerprint density at radius 3 is 2.96 bits per heavy atom. The average Bonchev–Trinajstić information content (AvgIpc) is 3.04. The fourth-order valence-corrected chi connectivity index (χ4v) is 4.22. The Morgan fingerprint density at radius 2 is 2.12 bits per heavy atom. The summed E-state index contributed by atoms with van der Waals surface area (Å²) in [6.07, 6.45) is 0.752. The highest BCUT2D eigenvalue weighted by Crippen LogP contribution is 2.33. The van der Waals surface area contributed by atoms with Crippen molar-refractivity contribution >= 4 is 28.8 Å². The zero-order valence-electron chi connectivity index (χ0n) is 14.2. The number of fused-ring (bicyclic) bond motifs is 1. The summed E-state index contributed by atoms with van der Waals surface area (Å²) in [5.74, 6) is 0.736. The largest absolute Gasteiger partial charge is 0.493 e. The molecule has 0 bridgehead atoms. The van der Waals surface area contributed by atoms with Gasteiger partial charge in [0, 0.05) is 22.6 Å². The van der Waals surface area contributed by atoms with Gasteiger partial charge in [0.25, 0.3) is 5.91 Å². The second-order valence-corrected chi connectivity index (χ2v) is 7.58. The molecule has 0 unspecified atom stereocenters. The molecular weight excluding hydrogens is 368 g/mol. The lowest BCUT2D eigenvalue weighted by Gasteiger charge is -2.26.